The van der Waals surface area contributed by atoms with Crippen molar-refractivity contribution in [2.45, 2.75) is 46.2 Å². The Morgan fingerprint density at radius 3 is 2.43 bits per heavy atom. The second kappa shape index (κ2) is 11.1. The summed E-state index contributed by atoms with van der Waals surface area (Å²) in [5.74, 6) is 1.07. The van der Waals surface area contributed by atoms with Crippen molar-refractivity contribution >= 4 is 17.6 Å². The van der Waals surface area contributed by atoms with Crippen LogP contribution in [-0.4, -0.2) is 31.7 Å². The van der Waals surface area contributed by atoms with Crippen molar-refractivity contribution in [1.29, 1.82) is 0 Å². The highest BCUT2D eigenvalue weighted by molar-refractivity contribution is 5.97. The van der Waals surface area contributed by atoms with Crippen LogP contribution in [0.3, 0.4) is 0 Å². The molecule has 3 amide bonds. The summed E-state index contributed by atoms with van der Waals surface area (Å²) in [6.45, 7) is 8.31. The lowest BCUT2D eigenvalue weighted by Gasteiger charge is -2.17. The van der Waals surface area contributed by atoms with E-state index in [1.165, 1.54) is 0 Å². The SMILES string of the molecule is CCCOc1ccc(C(C)NC(=O)c2cccc(NC(=O)NC(C)C)c2)cc1OC. The molecule has 162 valence electrons. The van der Waals surface area contributed by atoms with Gasteiger partial charge in [-0.25, -0.2) is 4.79 Å². The van der Waals surface area contributed by atoms with Gasteiger partial charge in [0.05, 0.1) is 19.8 Å². The summed E-state index contributed by atoms with van der Waals surface area (Å²) in [5, 5.41) is 8.46. The van der Waals surface area contributed by atoms with Gasteiger partial charge in [0.25, 0.3) is 5.91 Å². The maximum absolute atomic E-state index is 12.7. The maximum atomic E-state index is 12.7. The van der Waals surface area contributed by atoms with Crippen LogP contribution in [0.25, 0.3) is 0 Å². The van der Waals surface area contributed by atoms with E-state index in [2.05, 4.69) is 16.0 Å². The Bertz CT molecular complexity index is 867. The highest BCUT2D eigenvalue weighted by Gasteiger charge is 2.15. The molecule has 0 spiro atoms. The Morgan fingerprint density at radius 1 is 1.00 bits per heavy atom. The van der Waals surface area contributed by atoms with Gasteiger partial charge in [-0.3, -0.25) is 4.79 Å². The van der Waals surface area contributed by atoms with Crippen LogP contribution in [0.1, 0.15) is 56.1 Å². The summed E-state index contributed by atoms with van der Waals surface area (Å²) in [4.78, 5) is 24.6. The molecule has 1 atom stereocenters. The van der Waals surface area contributed by atoms with Crippen molar-refractivity contribution in [3.63, 3.8) is 0 Å². The fourth-order valence-electron chi connectivity index (χ4n) is 2.82. The summed E-state index contributed by atoms with van der Waals surface area (Å²) in [6.07, 6.45) is 0.907. The number of anilines is 1. The first-order valence-corrected chi connectivity index (χ1v) is 10.1. The highest BCUT2D eigenvalue weighted by Crippen LogP contribution is 2.30. The number of hydrogen-bond acceptors (Lipinski definition) is 4. The standard InChI is InChI=1S/C23H31N3O4/c1-6-12-30-20-11-10-17(14-21(20)29-5)16(4)25-22(27)18-8-7-9-19(13-18)26-23(28)24-15(2)3/h7-11,13-16H,6,12H2,1-5H3,(H,25,27)(H2,24,26,28). The zero-order valence-electron chi connectivity index (χ0n) is 18.2. The fourth-order valence-corrected chi connectivity index (χ4v) is 2.82. The minimum absolute atomic E-state index is 0.0214. The smallest absolute Gasteiger partial charge is 0.319 e. The first-order valence-electron chi connectivity index (χ1n) is 10.1. The van der Waals surface area contributed by atoms with Crippen LogP contribution in [-0.2, 0) is 0 Å². The third kappa shape index (κ3) is 6.69. The number of benzene rings is 2. The molecule has 0 aromatic heterocycles. The number of urea groups is 1. The molecule has 0 heterocycles. The Kier molecular flexibility index (Phi) is 8.53. The maximum Gasteiger partial charge on any atom is 0.319 e. The van der Waals surface area contributed by atoms with E-state index in [1.54, 1.807) is 31.4 Å². The topological polar surface area (TPSA) is 88.7 Å². The Balaban J connectivity index is 2.06. The normalized spacial score (nSPS) is 11.5. The third-order valence-corrected chi connectivity index (χ3v) is 4.30. The quantitative estimate of drug-likeness (QED) is 0.564. The van der Waals surface area contributed by atoms with E-state index in [1.807, 2.05) is 45.9 Å². The van der Waals surface area contributed by atoms with E-state index < -0.39 is 0 Å². The molecule has 7 nitrogen and oxygen atoms in total. The Labute approximate surface area is 178 Å². The summed E-state index contributed by atoms with van der Waals surface area (Å²) >= 11 is 0. The van der Waals surface area contributed by atoms with Gasteiger partial charge in [-0.05, 0) is 63.1 Å². The number of amides is 3. The van der Waals surface area contributed by atoms with Gasteiger partial charge in [-0.2, -0.15) is 0 Å². The third-order valence-electron chi connectivity index (χ3n) is 4.30. The lowest BCUT2D eigenvalue weighted by atomic mass is 10.1. The van der Waals surface area contributed by atoms with E-state index in [-0.39, 0.29) is 24.0 Å². The van der Waals surface area contributed by atoms with Crippen molar-refractivity contribution in [2.24, 2.45) is 0 Å². The van der Waals surface area contributed by atoms with E-state index in [9.17, 15) is 9.59 Å². The Hall–Kier alpha value is -3.22. The molecule has 0 bridgehead atoms. The fraction of sp³-hybridized carbons (Fsp3) is 0.391. The molecule has 0 radical (unpaired) electrons. The van der Waals surface area contributed by atoms with Crippen LogP contribution >= 0.6 is 0 Å². The molecule has 0 aliphatic rings. The monoisotopic (exact) mass is 413 g/mol. The molecule has 0 aliphatic heterocycles. The lowest BCUT2D eigenvalue weighted by Crippen LogP contribution is -2.34. The summed E-state index contributed by atoms with van der Waals surface area (Å²) in [6, 6.07) is 11.9. The molecule has 1 unspecified atom stereocenters. The van der Waals surface area contributed by atoms with Crippen molar-refractivity contribution in [1.82, 2.24) is 10.6 Å². The van der Waals surface area contributed by atoms with Gasteiger partial charge >= 0.3 is 6.03 Å². The zero-order valence-corrected chi connectivity index (χ0v) is 18.2. The van der Waals surface area contributed by atoms with Gasteiger partial charge in [0.2, 0.25) is 0 Å². The minimum Gasteiger partial charge on any atom is -0.493 e. The van der Waals surface area contributed by atoms with Gasteiger partial charge in [0.15, 0.2) is 11.5 Å². The van der Waals surface area contributed by atoms with Crippen molar-refractivity contribution in [3.05, 3.63) is 53.6 Å². The van der Waals surface area contributed by atoms with Gasteiger partial charge < -0.3 is 25.4 Å². The molecule has 2 rings (SSSR count). The second-order valence-electron chi connectivity index (χ2n) is 7.29. The average molecular weight is 414 g/mol. The number of hydrogen-bond donors (Lipinski definition) is 3. The van der Waals surface area contributed by atoms with Crippen LogP contribution in [0, 0.1) is 0 Å². The van der Waals surface area contributed by atoms with Crippen molar-refractivity contribution in [2.75, 3.05) is 19.0 Å². The van der Waals surface area contributed by atoms with Crippen LogP contribution < -0.4 is 25.4 Å². The number of carbonyl (C=O) groups is 2. The van der Waals surface area contributed by atoms with Crippen LogP contribution in [0.4, 0.5) is 10.5 Å². The molecule has 2 aromatic carbocycles. The van der Waals surface area contributed by atoms with E-state index in [0.717, 1.165) is 12.0 Å². The average Bonchev–Trinajstić information content (AvgIpc) is 2.71. The summed E-state index contributed by atoms with van der Waals surface area (Å²) in [5.41, 5.74) is 1.90. The predicted molar refractivity (Wildman–Crippen MR) is 118 cm³/mol. The van der Waals surface area contributed by atoms with Gasteiger partial charge in [0.1, 0.15) is 0 Å². The molecule has 0 aliphatic carbocycles. The van der Waals surface area contributed by atoms with E-state index in [0.29, 0.717) is 29.4 Å². The van der Waals surface area contributed by atoms with Crippen molar-refractivity contribution < 1.29 is 19.1 Å². The molecule has 2 aromatic rings. The number of rotatable bonds is 9. The molecular formula is C23H31N3O4. The zero-order chi connectivity index (χ0) is 22.1. The van der Waals surface area contributed by atoms with E-state index >= 15 is 0 Å². The number of methoxy groups -OCH3 is 1. The molecule has 0 saturated carbocycles. The van der Waals surface area contributed by atoms with Crippen LogP contribution in [0.5, 0.6) is 11.5 Å². The van der Waals surface area contributed by atoms with Crippen LogP contribution in [0.15, 0.2) is 42.5 Å². The minimum atomic E-state index is -0.312. The van der Waals surface area contributed by atoms with Gasteiger partial charge in [0, 0.05) is 17.3 Å². The molecular weight excluding hydrogens is 382 g/mol. The summed E-state index contributed by atoms with van der Waals surface area (Å²) in [7, 11) is 1.59. The van der Waals surface area contributed by atoms with Crippen LogP contribution in [0.2, 0.25) is 0 Å². The number of nitrogens with one attached hydrogen (secondary N) is 3. The lowest BCUT2D eigenvalue weighted by molar-refractivity contribution is 0.0940. The number of carbonyl (C=O) groups excluding carboxylic acids is 2. The van der Waals surface area contributed by atoms with Crippen molar-refractivity contribution in [3.8, 4) is 11.5 Å². The summed E-state index contributed by atoms with van der Waals surface area (Å²) < 4.78 is 11.1. The molecule has 0 fully saturated rings. The molecule has 3 N–H and O–H groups in total. The van der Waals surface area contributed by atoms with E-state index in [4.69, 9.17) is 9.47 Å². The highest BCUT2D eigenvalue weighted by atomic mass is 16.5. The Morgan fingerprint density at radius 2 is 1.77 bits per heavy atom. The largest absolute Gasteiger partial charge is 0.493 e. The predicted octanol–water partition coefficient (Wildman–Crippen LogP) is 4.50. The first kappa shape index (κ1) is 23.1. The number of ether oxygens (including phenoxy) is 2. The second-order valence-corrected chi connectivity index (χ2v) is 7.29. The van der Waals surface area contributed by atoms with Gasteiger partial charge in [-0.1, -0.05) is 19.1 Å². The first-order chi connectivity index (χ1) is 14.3. The molecule has 30 heavy (non-hydrogen) atoms. The molecule has 7 heteroatoms. The van der Waals surface area contributed by atoms with Gasteiger partial charge in [-0.15, -0.1) is 0 Å². The molecule has 0 saturated heterocycles.